The highest BCUT2D eigenvalue weighted by Gasteiger charge is 2.27. The van der Waals surface area contributed by atoms with Gasteiger partial charge >= 0.3 is 6.18 Å². The van der Waals surface area contributed by atoms with E-state index >= 15 is 0 Å². The molecule has 1 aromatic heterocycles. The topological polar surface area (TPSA) is 74.5 Å². The second-order valence-electron chi connectivity index (χ2n) is 5.16. The number of nitrogens with one attached hydrogen (secondary N) is 2. The molecule has 0 spiro atoms. The van der Waals surface area contributed by atoms with Gasteiger partial charge in [-0.25, -0.2) is 4.99 Å². The van der Waals surface area contributed by atoms with Gasteiger partial charge in [0.2, 0.25) is 0 Å². The van der Waals surface area contributed by atoms with Crippen molar-refractivity contribution in [2.75, 3.05) is 19.6 Å². The number of guanidine groups is 1. The van der Waals surface area contributed by atoms with Crippen molar-refractivity contribution in [1.82, 2.24) is 20.4 Å². The number of hydrogen-bond donors (Lipinski definition) is 3. The third-order valence-electron chi connectivity index (χ3n) is 2.92. The Morgan fingerprint density at radius 2 is 2.04 bits per heavy atom. The molecule has 0 aliphatic rings. The summed E-state index contributed by atoms with van der Waals surface area (Å²) in [6, 6.07) is 0. The summed E-state index contributed by atoms with van der Waals surface area (Å²) in [6.07, 6.45) is -1.97. The Labute approximate surface area is 150 Å². The first-order valence-corrected chi connectivity index (χ1v) is 6.94. The highest BCUT2D eigenvalue weighted by atomic mass is 127. The summed E-state index contributed by atoms with van der Waals surface area (Å²) in [5.41, 5.74) is -0.662. The number of rotatable bonds is 6. The predicted molar refractivity (Wildman–Crippen MR) is 92.8 cm³/mol. The summed E-state index contributed by atoms with van der Waals surface area (Å²) in [5, 5.41) is 19.8. The van der Waals surface area contributed by atoms with E-state index in [2.05, 4.69) is 20.7 Å². The van der Waals surface area contributed by atoms with Gasteiger partial charge in [-0.1, -0.05) is 0 Å². The molecule has 23 heavy (non-hydrogen) atoms. The van der Waals surface area contributed by atoms with E-state index in [4.69, 9.17) is 0 Å². The van der Waals surface area contributed by atoms with Gasteiger partial charge in [-0.3, -0.25) is 4.68 Å². The Hall–Kier alpha value is -1.04. The van der Waals surface area contributed by atoms with Crippen LogP contribution < -0.4 is 10.6 Å². The fourth-order valence-corrected chi connectivity index (χ4v) is 1.69. The maximum Gasteiger partial charge on any atom is 0.390 e. The lowest BCUT2D eigenvalue weighted by Crippen LogP contribution is -2.40. The number of aromatic nitrogens is 2. The fourth-order valence-electron chi connectivity index (χ4n) is 1.69. The summed E-state index contributed by atoms with van der Waals surface area (Å²) in [5.74, 6) is 0.232. The van der Waals surface area contributed by atoms with Crippen LogP contribution in [0.5, 0.6) is 0 Å². The number of aryl methyl sites for hydroxylation is 1. The Balaban J connectivity index is 0.00000484. The molecular formula is C13H23F3IN5O. The number of nitrogens with zero attached hydrogens (tertiary/aromatic N) is 3. The highest BCUT2D eigenvalue weighted by Crippen LogP contribution is 2.20. The molecule has 0 saturated carbocycles. The zero-order valence-corrected chi connectivity index (χ0v) is 15.6. The molecule has 0 aliphatic heterocycles. The monoisotopic (exact) mass is 449 g/mol. The standard InChI is InChI=1S/C13H22F3N5O.HI/c1-4-17-11(18-6-5-13(14,15)16)19-9-12(2,22)10-7-20-21(3)8-10;/h7-8,22H,4-6,9H2,1-3H3,(H2,17,18,19);1H. The molecule has 0 fully saturated rings. The first-order valence-electron chi connectivity index (χ1n) is 6.94. The summed E-state index contributed by atoms with van der Waals surface area (Å²) in [7, 11) is 1.73. The zero-order valence-electron chi connectivity index (χ0n) is 13.3. The van der Waals surface area contributed by atoms with E-state index < -0.39 is 18.2 Å². The summed E-state index contributed by atoms with van der Waals surface area (Å²) in [6.45, 7) is 3.62. The van der Waals surface area contributed by atoms with Crippen LogP contribution in [0.3, 0.4) is 0 Å². The van der Waals surface area contributed by atoms with Gasteiger partial charge < -0.3 is 15.7 Å². The second-order valence-corrected chi connectivity index (χ2v) is 5.16. The van der Waals surface area contributed by atoms with E-state index in [0.29, 0.717) is 12.1 Å². The lowest BCUT2D eigenvalue weighted by Gasteiger charge is -2.20. The molecule has 6 nitrogen and oxygen atoms in total. The maximum atomic E-state index is 12.1. The van der Waals surface area contributed by atoms with Gasteiger partial charge in [0, 0.05) is 31.9 Å². The lowest BCUT2D eigenvalue weighted by atomic mass is 10.0. The van der Waals surface area contributed by atoms with Crippen LogP contribution in [0.15, 0.2) is 17.4 Å². The number of hydrogen-bond acceptors (Lipinski definition) is 3. The molecule has 1 unspecified atom stereocenters. The van der Waals surface area contributed by atoms with Crippen molar-refractivity contribution in [2.45, 2.75) is 32.0 Å². The summed E-state index contributed by atoms with van der Waals surface area (Å²) in [4.78, 5) is 4.13. The Kier molecular flexibility index (Phi) is 8.88. The number of aliphatic hydroxyl groups is 1. The Bertz CT molecular complexity index is 502. The Morgan fingerprint density at radius 3 is 2.52 bits per heavy atom. The van der Waals surface area contributed by atoms with Crippen LogP contribution in [-0.4, -0.2) is 46.7 Å². The van der Waals surface area contributed by atoms with Gasteiger partial charge in [0.05, 0.1) is 19.2 Å². The molecular weight excluding hydrogens is 426 g/mol. The number of aliphatic imine (C=N–C) groups is 1. The summed E-state index contributed by atoms with van der Waals surface area (Å²) >= 11 is 0. The molecule has 0 aromatic carbocycles. The molecule has 0 radical (unpaired) electrons. The second kappa shape index (κ2) is 9.30. The van der Waals surface area contributed by atoms with Crippen LogP contribution in [-0.2, 0) is 12.6 Å². The van der Waals surface area contributed by atoms with Crippen molar-refractivity contribution in [3.05, 3.63) is 18.0 Å². The molecule has 0 amide bonds. The van der Waals surface area contributed by atoms with Crippen LogP contribution in [0.1, 0.15) is 25.8 Å². The van der Waals surface area contributed by atoms with Crippen molar-refractivity contribution in [3.8, 4) is 0 Å². The quantitative estimate of drug-likeness (QED) is 0.352. The van der Waals surface area contributed by atoms with E-state index in [1.54, 1.807) is 31.8 Å². The van der Waals surface area contributed by atoms with E-state index in [-0.39, 0.29) is 43.0 Å². The smallest absolute Gasteiger partial charge is 0.383 e. The SMILES string of the molecule is CCNC(=NCC(C)(O)c1cnn(C)c1)NCCC(F)(F)F.I. The van der Waals surface area contributed by atoms with E-state index in [1.165, 1.54) is 6.20 Å². The van der Waals surface area contributed by atoms with Gasteiger partial charge in [0.15, 0.2) is 5.96 Å². The van der Waals surface area contributed by atoms with Gasteiger partial charge in [0.1, 0.15) is 5.60 Å². The van der Waals surface area contributed by atoms with E-state index in [0.717, 1.165) is 0 Å². The highest BCUT2D eigenvalue weighted by molar-refractivity contribution is 14.0. The summed E-state index contributed by atoms with van der Waals surface area (Å²) < 4.78 is 38.0. The predicted octanol–water partition coefficient (Wildman–Crippen LogP) is 1.75. The molecule has 1 heterocycles. The van der Waals surface area contributed by atoms with Gasteiger partial charge in [-0.2, -0.15) is 18.3 Å². The van der Waals surface area contributed by atoms with E-state index in [1.807, 2.05) is 0 Å². The largest absolute Gasteiger partial charge is 0.390 e. The van der Waals surface area contributed by atoms with Gasteiger partial charge in [0.25, 0.3) is 0 Å². The average molecular weight is 449 g/mol. The number of halogens is 4. The molecule has 1 aromatic rings. The first kappa shape index (κ1) is 22.0. The minimum absolute atomic E-state index is 0. The zero-order chi connectivity index (χ0) is 16.8. The normalized spacial score (nSPS) is 14.8. The molecule has 134 valence electrons. The van der Waals surface area contributed by atoms with Crippen LogP contribution >= 0.6 is 24.0 Å². The van der Waals surface area contributed by atoms with Crippen LogP contribution in [0.4, 0.5) is 13.2 Å². The minimum Gasteiger partial charge on any atom is -0.383 e. The molecule has 0 aliphatic carbocycles. The third kappa shape index (κ3) is 8.39. The van der Waals surface area contributed by atoms with Crippen LogP contribution in [0.25, 0.3) is 0 Å². The molecule has 10 heteroatoms. The minimum atomic E-state index is -4.22. The van der Waals surface area contributed by atoms with Crippen molar-refractivity contribution in [1.29, 1.82) is 0 Å². The van der Waals surface area contributed by atoms with Gasteiger partial charge in [-0.05, 0) is 13.8 Å². The Morgan fingerprint density at radius 1 is 1.39 bits per heavy atom. The van der Waals surface area contributed by atoms with Crippen molar-refractivity contribution in [3.63, 3.8) is 0 Å². The van der Waals surface area contributed by atoms with Gasteiger partial charge in [-0.15, -0.1) is 24.0 Å². The van der Waals surface area contributed by atoms with Crippen molar-refractivity contribution in [2.24, 2.45) is 12.0 Å². The van der Waals surface area contributed by atoms with Crippen LogP contribution in [0, 0.1) is 0 Å². The molecule has 1 atom stereocenters. The van der Waals surface area contributed by atoms with E-state index in [9.17, 15) is 18.3 Å². The first-order chi connectivity index (χ1) is 10.1. The molecule has 0 saturated heterocycles. The lowest BCUT2D eigenvalue weighted by molar-refractivity contribution is -0.132. The van der Waals surface area contributed by atoms with Crippen LogP contribution in [0.2, 0.25) is 0 Å². The average Bonchev–Trinajstić information content (AvgIpc) is 2.82. The van der Waals surface area contributed by atoms with Crippen molar-refractivity contribution >= 4 is 29.9 Å². The number of alkyl halides is 3. The third-order valence-corrected chi connectivity index (χ3v) is 2.92. The fraction of sp³-hybridized carbons (Fsp3) is 0.692. The molecule has 0 bridgehead atoms. The maximum absolute atomic E-state index is 12.1. The molecule has 3 N–H and O–H groups in total. The molecule has 1 rings (SSSR count). The van der Waals surface area contributed by atoms with Crippen molar-refractivity contribution < 1.29 is 18.3 Å².